The first-order valence-corrected chi connectivity index (χ1v) is 8.55. The molecule has 0 radical (unpaired) electrons. The van der Waals surface area contributed by atoms with Gasteiger partial charge in [0.1, 0.15) is 0 Å². The third-order valence-corrected chi connectivity index (χ3v) is 4.25. The summed E-state index contributed by atoms with van der Waals surface area (Å²) < 4.78 is 10.3. The minimum absolute atomic E-state index is 0.184. The van der Waals surface area contributed by atoms with Crippen molar-refractivity contribution in [3.05, 3.63) is 65.2 Å². The molecule has 3 rings (SSSR count). The van der Waals surface area contributed by atoms with Crippen molar-refractivity contribution in [3.8, 4) is 0 Å². The summed E-state index contributed by atoms with van der Waals surface area (Å²) in [5.74, 6) is -2.54. The average molecular weight is 382 g/mol. The number of nitrogens with one attached hydrogen (secondary N) is 1. The van der Waals surface area contributed by atoms with Crippen LogP contribution >= 0.6 is 0 Å². The number of benzene rings is 2. The number of anilines is 1. The van der Waals surface area contributed by atoms with E-state index in [0.717, 1.165) is 0 Å². The van der Waals surface area contributed by atoms with E-state index in [2.05, 4.69) is 5.32 Å². The summed E-state index contributed by atoms with van der Waals surface area (Å²) in [6.07, 6.45) is -2.03. The zero-order chi connectivity index (χ0) is 20.3. The van der Waals surface area contributed by atoms with E-state index in [1.54, 1.807) is 24.3 Å². The molecule has 8 heteroatoms. The van der Waals surface area contributed by atoms with Crippen molar-refractivity contribution in [3.63, 3.8) is 0 Å². The average Bonchev–Trinajstić information content (AvgIpc) is 2.68. The molecular formula is C20H18N2O6. The predicted molar refractivity (Wildman–Crippen MR) is 98.5 cm³/mol. The summed E-state index contributed by atoms with van der Waals surface area (Å²) >= 11 is 0. The zero-order valence-corrected chi connectivity index (χ0v) is 15.0. The predicted octanol–water partition coefficient (Wildman–Crippen LogP) is 1.44. The Morgan fingerprint density at radius 1 is 1.14 bits per heavy atom. The second-order valence-corrected chi connectivity index (χ2v) is 6.27. The molecule has 0 aliphatic carbocycles. The van der Waals surface area contributed by atoms with Gasteiger partial charge in [-0.3, -0.25) is 9.59 Å². The number of hydrogen-bond acceptors (Lipinski definition) is 6. The molecule has 0 saturated heterocycles. The number of rotatable bonds is 5. The molecule has 0 bridgehead atoms. The lowest BCUT2D eigenvalue weighted by Crippen LogP contribution is -2.39. The number of carbonyl (C=O) groups is 4. The Morgan fingerprint density at radius 3 is 2.50 bits per heavy atom. The molecule has 1 aliphatic heterocycles. The topological polar surface area (TPSA) is 125 Å². The number of ether oxygens (including phenoxy) is 2. The summed E-state index contributed by atoms with van der Waals surface area (Å²) in [7, 11) is 0. The third-order valence-electron chi connectivity index (χ3n) is 4.25. The number of carbonyl (C=O) groups excluding carboxylic acids is 4. The molecule has 0 spiro atoms. The van der Waals surface area contributed by atoms with Crippen LogP contribution < -0.4 is 11.1 Å². The van der Waals surface area contributed by atoms with Crippen molar-refractivity contribution in [2.75, 3.05) is 5.32 Å². The molecule has 8 nitrogen and oxygen atoms in total. The van der Waals surface area contributed by atoms with Gasteiger partial charge in [-0.2, -0.15) is 0 Å². The fourth-order valence-corrected chi connectivity index (χ4v) is 2.73. The van der Waals surface area contributed by atoms with E-state index in [1.165, 1.54) is 31.2 Å². The van der Waals surface area contributed by atoms with Crippen LogP contribution in [0, 0.1) is 0 Å². The molecule has 2 aromatic rings. The molecule has 2 atom stereocenters. The Kier molecular flexibility index (Phi) is 5.39. The van der Waals surface area contributed by atoms with Crippen LogP contribution in [0.15, 0.2) is 48.5 Å². The molecule has 144 valence electrons. The highest BCUT2D eigenvalue weighted by atomic mass is 16.6. The van der Waals surface area contributed by atoms with Crippen molar-refractivity contribution >= 4 is 29.4 Å². The molecule has 1 heterocycles. The highest BCUT2D eigenvalue weighted by Crippen LogP contribution is 2.21. The zero-order valence-electron chi connectivity index (χ0n) is 15.0. The summed E-state index contributed by atoms with van der Waals surface area (Å²) in [6.45, 7) is 1.41. The lowest BCUT2D eigenvalue weighted by Gasteiger charge is -2.24. The molecule has 2 amide bonds. The van der Waals surface area contributed by atoms with Gasteiger partial charge in [0.2, 0.25) is 12.0 Å². The SMILES string of the molecule is CC(OC(=O)C1Cc2ccccc2C(=O)O1)C(=O)Nc1ccc(C(N)=O)cc1. The molecule has 2 aromatic carbocycles. The van der Waals surface area contributed by atoms with Crippen molar-refractivity contribution in [2.24, 2.45) is 5.73 Å². The summed E-state index contributed by atoms with van der Waals surface area (Å²) in [6, 6.07) is 12.8. The van der Waals surface area contributed by atoms with E-state index in [1.807, 2.05) is 0 Å². The first kappa shape index (κ1) is 19.1. The normalized spacial score (nSPS) is 16.3. The van der Waals surface area contributed by atoms with Gasteiger partial charge < -0.3 is 20.5 Å². The number of cyclic esters (lactones) is 1. The van der Waals surface area contributed by atoms with Crippen LogP contribution in [0.5, 0.6) is 0 Å². The van der Waals surface area contributed by atoms with E-state index >= 15 is 0 Å². The number of hydrogen-bond donors (Lipinski definition) is 2. The largest absolute Gasteiger partial charge is 0.450 e. The molecule has 2 unspecified atom stereocenters. The summed E-state index contributed by atoms with van der Waals surface area (Å²) in [5.41, 5.74) is 6.98. The van der Waals surface area contributed by atoms with Crippen LogP contribution in [0.3, 0.4) is 0 Å². The number of fused-ring (bicyclic) bond motifs is 1. The quantitative estimate of drug-likeness (QED) is 0.754. The minimum Gasteiger partial charge on any atom is -0.450 e. The molecule has 0 saturated carbocycles. The second kappa shape index (κ2) is 7.91. The van der Waals surface area contributed by atoms with E-state index in [9.17, 15) is 19.2 Å². The molecule has 28 heavy (non-hydrogen) atoms. The Labute approximate surface area is 160 Å². The molecule has 1 aliphatic rings. The van der Waals surface area contributed by atoms with Crippen molar-refractivity contribution in [1.82, 2.24) is 0 Å². The number of esters is 2. The second-order valence-electron chi connectivity index (χ2n) is 6.27. The maximum absolute atomic E-state index is 12.3. The smallest absolute Gasteiger partial charge is 0.348 e. The number of primary amides is 1. The molecule has 3 N–H and O–H groups in total. The van der Waals surface area contributed by atoms with Crippen LogP contribution in [0.1, 0.15) is 33.2 Å². The third kappa shape index (κ3) is 4.17. The standard InChI is InChI=1S/C20H18N2O6/c1-11(18(24)22-14-8-6-12(7-9-14)17(21)23)27-20(26)16-10-13-4-2-3-5-15(13)19(25)28-16/h2-9,11,16H,10H2,1H3,(H2,21,23)(H,22,24). The first-order chi connectivity index (χ1) is 13.3. The summed E-state index contributed by atoms with van der Waals surface area (Å²) in [4.78, 5) is 47.6. The highest BCUT2D eigenvalue weighted by Gasteiger charge is 2.33. The van der Waals surface area contributed by atoms with Crippen molar-refractivity contribution in [2.45, 2.75) is 25.6 Å². The van der Waals surface area contributed by atoms with Gasteiger partial charge in [0.05, 0.1) is 5.56 Å². The fraction of sp³-hybridized carbons (Fsp3) is 0.200. The van der Waals surface area contributed by atoms with Gasteiger partial charge in [0.25, 0.3) is 5.91 Å². The Bertz CT molecular complexity index is 938. The van der Waals surface area contributed by atoms with Crippen LogP contribution in [0.25, 0.3) is 0 Å². The minimum atomic E-state index is -1.11. The van der Waals surface area contributed by atoms with Gasteiger partial charge in [-0.05, 0) is 42.8 Å². The Hall–Kier alpha value is -3.68. The number of amides is 2. The van der Waals surface area contributed by atoms with Gasteiger partial charge in [-0.1, -0.05) is 18.2 Å². The Balaban J connectivity index is 1.58. The number of nitrogens with two attached hydrogens (primary N) is 1. The molecule has 0 aromatic heterocycles. The maximum Gasteiger partial charge on any atom is 0.348 e. The lowest BCUT2D eigenvalue weighted by atomic mass is 9.99. The van der Waals surface area contributed by atoms with Gasteiger partial charge in [-0.15, -0.1) is 0 Å². The Morgan fingerprint density at radius 2 is 1.82 bits per heavy atom. The highest BCUT2D eigenvalue weighted by molar-refractivity contribution is 5.98. The van der Waals surface area contributed by atoms with Crippen molar-refractivity contribution in [1.29, 1.82) is 0 Å². The van der Waals surface area contributed by atoms with E-state index < -0.39 is 36.0 Å². The fourth-order valence-electron chi connectivity index (χ4n) is 2.73. The van der Waals surface area contributed by atoms with E-state index in [4.69, 9.17) is 15.2 Å². The van der Waals surface area contributed by atoms with Crippen LogP contribution in [-0.2, 0) is 25.5 Å². The maximum atomic E-state index is 12.3. The first-order valence-electron chi connectivity index (χ1n) is 8.55. The van der Waals surface area contributed by atoms with Gasteiger partial charge in [-0.25, -0.2) is 9.59 Å². The van der Waals surface area contributed by atoms with E-state index in [0.29, 0.717) is 22.4 Å². The van der Waals surface area contributed by atoms with Crippen LogP contribution in [0.2, 0.25) is 0 Å². The van der Waals surface area contributed by atoms with Gasteiger partial charge >= 0.3 is 11.9 Å². The van der Waals surface area contributed by atoms with Crippen LogP contribution in [0.4, 0.5) is 5.69 Å². The van der Waals surface area contributed by atoms with Crippen LogP contribution in [-0.4, -0.2) is 36.0 Å². The van der Waals surface area contributed by atoms with Crippen molar-refractivity contribution < 1.29 is 28.7 Å². The summed E-state index contributed by atoms with van der Waals surface area (Å²) in [5, 5.41) is 2.56. The molecule has 0 fully saturated rings. The van der Waals surface area contributed by atoms with Gasteiger partial charge in [0, 0.05) is 17.7 Å². The molecular weight excluding hydrogens is 364 g/mol. The van der Waals surface area contributed by atoms with Gasteiger partial charge in [0.15, 0.2) is 6.10 Å². The van der Waals surface area contributed by atoms with E-state index in [-0.39, 0.29) is 6.42 Å². The monoisotopic (exact) mass is 382 g/mol. The lowest BCUT2D eigenvalue weighted by molar-refractivity contribution is -0.162.